The zero-order valence-corrected chi connectivity index (χ0v) is 3.94. The van der Waals surface area contributed by atoms with E-state index in [0.29, 0.717) is 0 Å². The molecule has 0 aromatic rings. The van der Waals surface area contributed by atoms with Crippen LogP contribution in [0.15, 0.2) is 0 Å². The molecule has 0 aromatic heterocycles. The van der Waals surface area contributed by atoms with Crippen LogP contribution in [0.4, 0.5) is 0 Å². The Morgan fingerprint density at radius 2 is 1.88 bits per heavy atom. The minimum Gasteiger partial charge on any atom is -0.252 e. The number of hydrogen-bond acceptors (Lipinski definition) is 6. The van der Waals surface area contributed by atoms with E-state index in [4.69, 9.17) is 10.5 Å². The zero-order chi connectivity index (χ0) is 6.24. The molecule has 2 N–H and O–H groups in total. The van der Waals surface area contributed by atoms with Gasteiger partial charge >= 0.3 is 0 Å². The summed E-state index contributed by atoms with van der Waals surface area (Å²) in [5.41, 5.74) is 0. The van der Waals surface area contributed by atoms with Crippen LogP contribution in [0.3, 0.4) is 0 Å². The third-order valence-corrected chi connectivity index (χ3v) is 0.336. The Labute approximate surface area is 44.9 Å². The van der Waals surface area contributed by atoms with Crippen molar-refractivity contribution in [1.82, 2.24) is 0 Å². The molecule has 0 fully saturated rings. The van der Waals surface area contributed by atoms with Crippen molar-refractivity contribution >= 4 is 0 Å². The van der Waals surface area contributed by atoms with Gasteiger partial charge in [-0.3, -0.25) is 5.26 Å². The normalized spacial score (nSPS) is 9.75. The third-order valence-electron chi connectivity index (χ3n) is 0.336. The molecule has 0 bridgehead atoms. The molecular formula is C2H6O6. The van der Waals surface area contributed by atoms with E-state index < -0.39 is 0 Å². The summed E-state index contributed by atoms with van der Waals surface area (Å²) in [6, 6.07) is 0. The van der Waals surface area contributed by atoms with E-state index in [1.807, 2.05) is 0 Å². The molecule has 8 heavy (non-hydrogen) atoms. The van der Waals surface area contributed by atoms with Gasteiger partial charge in [0.05, 0.1) is 0 Å². The highest BCUT2D eigenvalue weighted by Crippen LogP contribution is 1.76. The molecule has 0 aliphatic rings. The van der Waals surface area contributed by atoms with Crippen LogP contribution in [0.2, 0.25) is 0 Å². The van der Waals surface area contributed by atoms with Crippen LogP contribution >= 0.6 is 0 Å². The molecule has 6 heteroatoms. The van der Waals surface area contributed by atoms with Crippen molar-refractivity contribution in [3.63, 3.8) is 0 Å². The Hall–Kier alpha value is -0.240. The van der Waals surface area contributed by atoms with Crippen molar-refractivity contribution in [3.05, 3.63) is 0 Å². The van der Waals surface area contributed by atoms with Gasteiger partial charge in [0.15, 0.2) is 0 Å². The van der Waals surface area contributed by atoms with Gasteiger partial charge in [-0.15, -0.1) is 0 Å². The first-order valence-electron chi connectivity index (χ1n) is 1.78. The van der Waals surface area contributed by atoms with E-state index in [1.165, 1.54) is 0 Å². The van der Waals surface area contributed by atoms with Crippen molar-refractivity contribution in [3.8, 4) is 0 Å². The Morgan fingerprint density at radius 3 is 2.38 bits per heavy atom. The maximum absolute atomic E-state index is 7.63. The summed E-state index contributed by atoms with van der Waals surface area (Å²) in [5.74, 6) is 0. The fourth-order valence-corrected chi connectivity index (χ4v) is 0.127. The van der Waals surface area contributed by atoms with Crippen LogP contribution in [0.1, 0.15) is 0 Å². The topological polar surface area (TPSA) is 77.4 Å². The summed E-state index contributed by atoms with van der Waals surface area (Å²) in [7, 11) is 0. The first kappa shape index (κ1) is 7.76. The van der Waals surface area contributed by atoms with Crippen LogP contribution in [0.5, 0.6) is 0 Å². The SMILES string of the molecule is OOCCOOOO. The minimum atomic E-state index is -0.0522. The molecule has 0 unspecified atom stereocenters. The molecule has 0 heterocycles. The van der Waals surface area contributed by atoms with Crippen LogP contribution in [0, 0.1) is 0 Å². The monoisotopic (exact) mass is 126 g/mol. The molecule has 6 nitrogen and oxygen atoms in total. The summed E-state index contributed by atoms with van der Waals surface area (Å²) in [6.07, 6.45) is 0. The molecule has 0 saturated carbocycles. The third kappa shape index (κ3) is 5.76. The highest BCUT2D eigenvalue weighted by Gasteiger charge is 1.85. The molecule has 0 aromatic carbocycles. The molecule has 0 amide bonds. The second-order valence-electron chi connectivity index (χ2n) is 0.798. The molecule has 0 saturated heterocycles. The summed E-state index contributed by atoms with van der Waals surface area (Å²) >= 11 is 0. The van der Waals surface area contributed by atoms with Crippen molar-refractivity contribution in [2.24, 2.45) is 0 Å². The van der Waals surface area contributed by atoms with E-state index in [0.717, 1.165) is 0 Å². The van der Waals surface area contributed by atoms with Gasteiger partial charge in [-0.05, 0) is 10.1 Å². The maximum atomic E-state index is 7.63. The van der Waals surface area contributed by atoms with Crippen molar-refractivity contribution in [2.75, 3.05) is 13.2 Å². The molecule has 0 radical (unpaired) electrons. The van der Waals surface area contributed by atoms with Gasteiger partial charge in [0.1, 0.15) is 13.2 Å². The Kier molecular flexibility index (Phi) is 6.56. The molecule has 0 rings (SSSR count). The van der Waals surface area contributed by atoms with Gasteiger partial charge < -0.3 is 0 Å². The van der Waals surface area contributed by atoms with Crippen LogP contribution in [0.25, 0.3) is 0 Å². The lowest BCUT2D eigenvalue weighted by molar-refractivity contribution is -0.624. The Bertz CT molecular complexity index is 31.5. The summed E-state index contributed by atoms with van der Waals surface area (Å²) in [5, 5.41) is 21.6. The van der Waals surface area contributed by atoms with E-state index in [2.05, 4.69) is 19.9 Å². The molecule has 0 atom stereocenters. The van der Waals surface area contributed by atoms with Gasteiger partial charge in [-0.2, -0.15) is 0 Å². The summed E-state index contributed by atoms with van der Waals surface area (Å²) in [6.45, 7) is -0.0829. The van der Waals surface area contributed by atoms with Crippen molar-refractivity contribution < 1.29 is 30.4 Å². The average Bonchev–Trinajstić information content (AvgIpc) is 1.81. The Morgan fingerprint density at radius 1 is 1.12 bits per heavy atom. The summed E-state index contributed by atoms with van der Waals surface area (Å²) < 4.78 is 0. The number of hydrogen-bond donors (Lipinski definition) is 2. The van der Waals surface area contributed by atoms with Crippen LogP contribution < -0.4 is 0 Å². The minimum absolute atomic E-state index is 0.0307. The van der Waals surface area contributed by atoms with Crippen LogP contribution in [-0.2, 0) is 19.9 Å². The van der Waals surface area contributed by atoms with Gasteiger partial charge in [0.2, 0.25) is 0 Å². The Balaban J connectivity index is 2.53. The second-order valence-corrected chi connectivity index (χ2v) is 0.798. The maximum Gasteiger partial charge on any atom is 0.112 e. The smallest absolute Gasteiger partial charge is 0.112 e. The average molecular weight is 126 g/mol. The standard InChI is InChI=1S/C2H6O6/c3-5-1-2-6-8-7-4/h3-4H,1-2H2. The highest BCUT2D eigenvalue weighted by atomic mass is 17.6. The lowest BCUT2D eigenvalue weighted by Gasteiger charge is -1.93. The predicted octanol–water partition coefficient (Wildman–Crippen LogP) is -0.171. The lowest BCUT2D eigenvalue weighted by Crippen LogP contribution is -2.02. The van der Waals surface area contributed by atoms with Crippen molar-refractivity contribution in [1.29, 1.82) is 0 Å². The second kappa shape index (κ2) is 6.76. The highest BCUT2D eigenvalue weighted by molar-refractivity contribution is 4.12. The van der Waals surface area contributed by atoms with Gasteiger partial charge in [0, 0.05) is 0 Å². The van der Waals surface area contributed by atoms with Gasteiger partial charge in [0.25, 0.3) is 0 Å². The van der Waals surface area contributed by atoms with Crippen LogP contribution in [-0.4, -0.2) is 23.7 Å². The molecule has 0 aliphatic heterocycles. The molecule has 0 aliphatic carbocycles. The fourth-order valence-electron chi connectivity index (χ4n) is 0.127. The van der Waals surface area contributed by atoms with Crippen molar-refractivity contribution in [2.45, 2.75) is 0 Å². The quantitative estimate of drug-likeness (QED) is 0.302. The zero-order valence-electron chi connectivity index (χ0n) is 3.94. The largest absolute Gasteiger partial charge is 0.252 e. The van der Waals surface area contributed by atoms with Gasteiger partial charge in [-0.1, -0.05) is 0 Å². The lowest BCUT2D eigenvalue weighted by atomic mass is 10.8. The predicted molar refractivity (Wildman–Crippen MR) is 19.3 cm³/mol. The number of rotatable bonds is 5. The van der Waals surface area contributed by atoms with E-state index in [1.54, 1.807) is 0 Å². The van der Waals surface area contributed by atoms with E-state index in [-0.39, 0.29) is 13.2 Å². The first-order valence-corrected chi connectivity index (χ1v) is 1.78. The summed E-state index contributed by atoms with van der Waals surface area (Å²) in [4.78, 5) is 7.51. The van der Waals surface area contributed by atoms with Gasteiger partial charge in [-0.25, -0.2) is 15.0 Å². The first-order chi connectivity index (χ1) is 3.91. The molecule has 50 valence electrons. The van der Waals surface area contributed by atoms with E-state index in [9.17, 15) is 0 Å². The molecular weight excluding hydrogens is 120 g/mol. The fraction of sp³-hybridized carbons (Fsp3) is 1.00. The van der Waals surface area contributed by atoms with E-state index >= 15 is 0 Å². The molecule has 0 spiro atoms.